The molecule has 0 amide bonds. The molecule has 0 spiro atoms. The largest absolute Gasteiger partial charge is 0.490 e. The standard InChI is InChI=1S/C8H17O11P3/c1-7(2)4-5-8(3,17-7)6-16-21(12,13)19-22(14,15)18-20(9,10)11/h4-5H,6H2,1-3H3,(H,12,13)(H,14,15)(H2,9,10,11). The first kappa shape index (κ1) is 20.2. The summed E-state index contributed by atoms with van der Waals surface area (Å²) in [7, 11) is -16.0. The van der Waals surface area contributed by atoms with E-state index in [2.05, 4.69) is 13.1 Å². The number of hydrogen-bond acceptors (Lipinski definition) is 7. The Kier molecular flexibility index (Phi) is 5.68. The van der Waals surface area contributed by atoms with E-state index in [0.29, 0.717) is 0 Å². The van der Waals surface area contributed by atoms with Crippen molar-refractivity contribution in [3.05, 3.63) is 12.2 Å². The summed E-state index contributed by atoms with van der Waals surface area (Å²) in [6.07, 6.45) is 3.25. The molecule has 1 aliphatic rings. The van der Waals surface area contributed by atoms with Crippen molar-refractivity contribution in [2.75, 3.05) is 6.61 Å². The zero-order valence-electron chi connectivity index (χ0n) is 11.9. The van der Waals surface area contributed by atoms with Gasteiger partial charge in [0.1, 0.15) is 5.60 Å². The Labute approximate surface area is 126 Å². The van der Waals surface area contributed by atoms with E-state index in [-0.39, 0.29) is 0 Å². The zero-order valence-corrected chi connectivity index (χ0v) is 14.5. The minimum absolute atomic E-state index is 0.517. The highest BCUT2D eigenvalue weighted by molar-refractivity contribution is 7.66. The van der Waals surface area contributed by atoms with Crippen LogP contribution in [0.3, 0.4) is 0 Å². The van der Waals surface area contributed by atoms with E-state index in [1.54, 1.807) is 26.0 Å². The van der Waals surface area contributed by atoms with Crippen LogP contribution in [0.2, 0.25) is 0 Å². The molecule has 0 aromatic carbocycles. The van der Waals surface area contributed by atoms with Crippen LogP contribution in [0.1, 0.15) is 20.8 Å². The molecular formula is C8H17O11P3. The number of hydrogen-bond donors (Lipinski definition) is 4. The molecule has 0 aliphatic carbocycles. The van der Waals surface area contributed by atoms with Crippen molar-refractivity contribution in [3.8, 4) is 0 Å². The van der Waals surface area contributed by atoms with Crippen LogP contribution in [0, 0.1) is 0 Å². The van der Waals surface area contributed by atoms with Gasteiger partial charge in [-0.25, -0.2) is 13.7 Å². The maximum atomic E-state index is 11.5. The number of rotatable bonds is 7. The van der Waals surface area contributed by atoms with Gasteiger partial charge < -0.3 is 24.3 Å². The maximum Gasteiger partial charge on any atom is 0.490 e. The normalized spacial score (nSPS) is 30.0. The lowest BCUT2D eigenvalue weighted by Gasteiger charge is -2.28. The first-order valence-corrected chi connectivity index (χ1v) is 10.2. The highest BCUT2D eigenvalue weighted by Crippen LogP contribution is 2.66. The lowest BCUT2D eigenvalue weighted by molar-refractivity contribution is -0.0820. The van der Waals surface area contributed by atoms with Gasteiger partial charge in [-0.3, -0.25) is 4.52 Å². The average molecular weight is 382 g/mol. The van der Waals surface area contributed by atoms with Crippen LogP contribution in [-0.2, 0) is 31.6 Å². The third-order valence-electron chi connectivity index (χ3n) is 2.26. The molecular weight excluding hydrogens is 365 g/mol. The molecule has 1 heterocycles. The molecule has 1 aliphatic heterocycles. The van der Waals surface area contributed by atoms with E-state index < -0.39 is 41.3 Å². The lowest BCUT2D eigenvalue weighted by atomic mass is 10.1. The van der Waals surface area contributed by atoms with Crippen molar-refractivity contribution in [2.45, 2.75) is 32.0 Å². The molecule has 1 rings (SSSR count). The summed E-state index contributed by atoms with van der Waals surface area (Å²) in [6, 6.07) is 0. The topological polar surface area (TPSA) is 169 Å². The summed E-state index contributed by atoms with van der Waals surface area (Å²) in [5.41, 5.74) is -1.72. The molecule has 0 saturated carbocycles. The van der Waals surface area contributed by atoms with E-state index in [1.165, 1.54) is 6.92 Å². The first-order valence-electron chi connectivity index (χ1n) is 5.72. The second kappa shape index (κ2) is 6.20. The van der Waals surface area contributed by atoms with Crippen molar-refractivity contribution in [1.82, 2.24) is 0 Å². The van der Waals surface area contributed by atoms with Crippen molar-refractivity contribution < 1.29 is 51.2 Å². The minimum Gasteiger partial charge on any atom is -0.359 e. The van der Waals surface area contributed by atoms with Gasteiger partial charge >= 0.3 is 23.5 Å². The van der Waals surface area contributed by atoms with Crippen molar-refractivity contribution >= 4 is 23.5 Å². The Bertz CT molecular complexity index is 592. The van der Waals surface area contributed by atoms with Crippen LogP contribution >= 0.6 is 23.5 Å². The SMILES string of the molecule is CC1(C)C=CC(C)(COP(=O)(O)OP(=O)(O)OP(=O)(O)O)O1. The fourth-order valence-electron chi connectivity index (χ4n) is 1.64. The van der Waals surface area contributed by atoms with Crippen LogP contribution < -0.4 is 0 Å². The summed E-state index contributed by atoms with van der Waals surface area (Å²) < 4.78 is 50.4. The van der Waals surface area contributed by atoms with Crippen molar-refractivity contribution in [1.29, 1.82) is 0 Å². The molecule has 0 fully saturated rings. The average Bonchev–Trinajstić information content (AvgIpc) is 2.46. The number of ether oxygens (including phenoxy) is 1. The smallest absolute Gasteiger partial charge is 0.359 e. The number of phosphoric acid groups is 3. The lowest BCUT2D eigenvalue weighted by Crippen LogP contribution is -2.34. The molecule has 11 nitrogen and oxygen atoms in total. The maximum absolute atomic E-state index is 11.5. The summed E-state index contributed by atoms with van der Waals surface area (Å²) in [5.74, 6) is 0. The quantitative estimate of drug-likeness (QED) is 0.371. The summed E-state index contributed by atoms with van der Waals surface area (Å²) in [4.78, 5) is 35.1. The molecule has 0 bridgehead atoms. The summed E-state index contributed by atoms with van der Waals surface area (Å²) in [6.45, 7) is 4.48. The van der Waals surface area contributed by atoms with Gasteiger partial charge in [0.2, 0.25) is 0 Å². The molecule has 130 valence electrons. The third-order valence-corrected chi connectivity index (χ3v) is 6.05. The van der Waals surface area contributed by atoms with Gasteiger partial charge in [0, 0.05) is 0 Å². The van der Waals surface area contributed by atoms with Crippen LogP contribution in [0.4, 0.5) is 0 Å². The Morgan fingerprint density at radius 2 is 1.50 bits per heavy atom. The summed E-state index contributed by atoms with van der Waals surface area (Å²) >= 11 is 0. The molecule has 0 radical (unpaired) electrons. The molecule has 0 saturated heterocycles. The van der Waals surface area contributed by atoms with E-state index in [4.69, 9.17) is 19.4 Å². The second-order valence-electron chi connectivity index (χ2n) is 5.22. The van der Waals surface area contributed by atoms with E-state index in [1.807, 2.05) is 0 Å². The monoisotopic (exact) mass is 382 g/mol. The van der Waals surface area contributed by atoms with Crippen LogP contribution in [0.25, 0.3) is 0 Å². The Hall–Kier alpha value is 0.110. The molecule has 3 unspecified atom stereocenters. The highest BCUT2D eigenvalue weighted by Gasteiger charge is 2.43. The van der Waals surface area contributed by atoms with Gasteiger partial charge in [0.15, 0.2) is 0 Å². The summed E-state index contributed by atoms with van der Waals surface area (Å²) in [5, 5.41) is 0. The predicted octanol–water partition coefficient (Wildman–Crippen LogP) is 1.45. The number of phosphoric ester groups is 1. The van der Waals surface area contributed by atoms with Crippen molar-refractivity contribution in [3.63, 3.8) is 0 Å². The molecule has 0 aromatic rings. The zero-order chi connectivity index (χ0) is 17.4. The first-order chi connectivity index (χ1) is 9.54. The van der Waals surface area contributed by atoms with Crippen LogP contribution in [0.15, 0.2) is 12.2 Å². The molecule has 14 heteroatoms. The van der Waals surface area contributed by atoms with Gasteiger partial charge in [-0.1, -0.05) is 12.2 Å². The Balaban J connectivity index is 2.66. The van der Waals surface area contributed by atoms with Gasteiger partial charge in [0.25, 0.3) is 0 Å². The van der Waals surface area contributed by atoms with Gasteiger partial charge in [-0.2, -0.15) is 8.62 Å². The highest BCUT2D eigenvalue weighted by atomic mass is 31.3. The van der Waals surface area contributed by atoms with Crippen molar-refractivity contribution in [2.24, 2.45) is 0 Å². The molecule has 22 heavy (non-hydrogen) atoms. The predicted molar refractivity (Wildman–Crippen MR) is 72.5 cm³/mol. The van der Waals surface area contributed by atoms with Gasteiger partial charge in [-0.15, -0.1) is 0 Å². The van der Waals surface area contributed by atoms with E-state index >= 15 is 0 Å². The molecule has 0 aromatic heterocycles. The molecule has 3 atom stereocenters. The fraction of sp³-hybridized carbons (Fsp3) is 0.750. The minimum atomic E-state index is -5.50. The Morgan fingerprint density at radius 3 is 1.91 bits per heavy atom. The second-order valence-corrected chi connectivity index (χ2v) is 9.64. The fourth-order valence-corrected chi connectivity index (χ4v) is 4.75. The third kappa shape index (κ3) is 7.12. The van der Waals surface area contributed by atoms with Crippen LogP contribution in [-0.4, -0.2) is 37.4 Å². The van der Waals surface area contributed by atoms with Crippen LogP contribution in [0.5, 0.6) is 0 Å². The van der Waals surface area contributed by atoms with E-state index in [0.717, 1.165) is 0 Å². The Morgan fingerprint density at radius 1 is 0.955 bits per heavy atom. The van der Waals surface area contributed by atoms with Gasteiger partial charge in [-0.05, 0) is 20.8 Å². The van der Waals surface area contributed by atoms with E-state index in [9.17, 15) is 18.6 Å². The molecule has 4 N–H and O–H groups in total. The van der Waals surface area contributed by atoms with Gasteiger partial charge in [0.05, 0.1) is 12.2 Å².